The molecule has 1 atom stereocenters. The highest BCUT2D eigenvalue weighted by molar-refractivity contribution is 8.29. The molecule has 2 aliphatic rings. The van der Waals surface area contributed by atoms with Crippen LogP contribution in [0, 0.1) is 0 Å². The average Bonchev–Trinajstić information content (AvgIpc) is 3.32. The second-order valence-corrected chi connectivity index (χ2v) is 9.78. The second-order valence-electron chi connectivity index (χ2n) is 6.75. The third-order valence-electron chi connectivity index (χ3n) is 4.76. The van der Waals surface area contributed by atoms with E-state index in [0.29, 0.717) is 21.3 Å². The largest absolute Gasteiger partial charge is 0.465 e. The molecule has 0 amide bonds. The predicted octanol–water partition coefficient (Wildman–Crippen LogP) is 5.04. The number of thioether (sulfide) groups is 2. The first-order valence-corrected chi connectivity index (χ1v) is 11.8. The Morgan fingerprint density at radius 1 is 1.06 bits per heavy atom. The van der Waals surface area contributed by atoms with Crippen LogP contribution in [0.1, 0.15) is 13.8 Å². The van der Waals surface area contributed by atoms with Crippen molar-refractivity contribution in [2.24, 2.45) is 5.10 Å². The van der Waals surface area contributed by atoms with Crippen LogP contribution in [0.15, 0.2) is 70.3 Å². The van der Waals surface area contributed by atoms with Gasteiger partial charge in [-0.3, -0.25) is 0 Å². The fourth-order valence-electron chi connectivity index (χ4n) is 3.43. The molecule has 0 radical (unpaired) electrons. The summed E-state index contributed by atoms with van der Waals surface area (Å²) in [5.41, 5.74) is 2.18. The maximum Gasteiger partial charge on any atom is 0.365 e. The first-order chi connectivity index (χ1) is 15.4. The van der Waals surface area contributed by atoms with Crippen molar-refractivity contribution >= 4 is 63.5 Å². The molecule has 0 fully saturated rings. The van der Waals surface area contributed by atoms with E-state index in [-0.39, 0.29) is 11.7 Å². The van der Waals surface area contributed by atoms with E-state index in [1.54, 1.807) is 24.1 Å². The van der Waals surface area contributed by atoms with E-state index in [9.17, 15) is 9.59 Å². The van der Waals surface area contributed by atoms with E-state index in [0.717, 1.165) is 5.69 Å². The molecular formula is C22H20ClN3O4S2. The number of carbonyl (C=O) groups is 2. The first kappa shape index (κ1) is 22.6. The van der Waals surface area contributed by atoms with E-state index >= 15 is 0 Å². The molecule has 2 aliphatic heterocycles. The van der Waals surface area contributed by atoms with Gasteiger partial charge in [0.2, 0.25) is 9.37 Å². The van der Waals surface area contributed by atoms with E-state index in [1.165, 1.54) is 30.6 Å². The highest BCUT2D eigenvalue weighted by Gasteiger charge is 2.58. The topological polar surface area (TPSA) is 71.4 Å². The van der Waals surface area contributed by atoms with Crippen molar-refractivity contribution in [2.45, 2.75) is 18.2 Å². The number of carbonyl (C=O) groups excluding carboxylic acids is 2. The first-order valence-electron chi connectivity index (χ1n) is 9.75. The normalized spacial score (nSPS) is 20.1. The summed E-state index contributed by atoms with van der Waals surface area (Å²) in [6.07, 6.45) is 0. The van der Waals surface area contributed by atoms with Gasteiger partial charge in [-0.25, -0.2) is 14.6 Å². The van der Waals surface area contributed by atoms with Gasteiger partial charge in [-0.2, -0.15) is 5.10 Å². The second kappa shape index (κ2) is 9.09. The summed E-state index contributed by atoms with van der Waals surface area (Å²) < 4.78 is 9.23. The van der Waals surface area contributed by atoms with Crippen LogP contribution < -0.4 is 9.91 Å². The smallest absolute Gasteiger partial charge is 0.365 e. The Bertz CT molecular complexity index is 1130. The molecule has 0 N–H and O–H groups in total. The van der Waals surface area contributed by atoms with Gasteiger partial charge in [0, 0.05) is 16.4 Å². The van der Waals surface area contributed by atoms with Crippen LogP contribution in [0.25, 0.3) is 0 Å². The van der Waals surface area contributed by atoms with E-state index < -0.39 is 16.3 Å². The molecular weight excluding hydrogens is 470 g/mol. The Morgan fingerprint density at radius 3 is 2.44 bits per heavy atom. The Morgan fingerprint density at radius 2 is 1.78 bits per heavy atom. The third kappa shape index (κ3) is 3.85. The quantitative estimate of drug-likeness (QED) is 0.541. The molecule has 0 saturated heterocycles. The standard InChI is InChI=1S/C22H20ClN3O4S2/c1-4-30-21(28)19-24-26(17-12-8-9-15(23)13-17)22(32-19)25(16-10-6-5-7-11-16)14(2)18(31-22)20(27)29-3/h5-13H,4H2,1-3H3/t22-/m1/s1. The number of methoxy groups -OCH3 is 1. The Labute approximate surface area is 199 Å². The lowest BCUT2D eigenvalue weighted by Gasteiger charge is -2.41. The minimum atomic E-state index is -1.04. The number of para-hydroxylation sites is 1. The highest BCUT2D eigenvalue weighted by atomic mass is 35.5. The molecule has 1 spiro atoms. The zero-order valence-electron chi connectivity index (χ0n) is 17.6. The molecule has 10 heteroatoms. The van der Waals surface area contributed by atoms with Crippen molar-refractivity contribution in [3.63, 3.8) is 0 Å². The van der Waals surface area contributed by atoms with Crippen LogP contribution in [0.2, 0.25) is 5.02 Å². The lowest BCUT2D eigenvalue weighted by molar-refractivity contribution is -0.135. The summed E-state index contributed by atoms with van der Waals surface area (Å²) in [4.78, 5) is 27.7. The molecule has 0 saturated carbocycles. The van der Waals surface area contributed by atoms with Gasteiger partial charge in [-0.05, 0) is 55.9 Å². The van der Waals surface area contributed by atoms with Gasteiger partial charge in [0.25, 0.3) is 0 Å². The zero-order valence-corrected chi connectivity index (χ0v) is 20.0. The Balaban J connectivity index is 1.90. The predicted molar refractivity (Wildman–Crippen MR) is 130 cm³/mol. The van der Waals surface area contributed by atoms with Gasteiger partial charge in [-0.1, -0.05) is 47.6 Å². The number of hydrogen-bond donors (Lipinski definition) is 0. The van der Waals surface area contributed by atoms with Crippen molar-refractivity contribution in [1.29, 1.82) is 0 Å². The van der Waals surface area contributed by atoms with Crippen LogP contribution in [-0.4, -0.2) is 35.0 Å². The molecule has 2 aromatic carbocycles. The highest BCUT2D eigenvalue weighted by Crippen LogP contribution is 2.60. The number of ether oxygens (including phenoxy) is 2. The average molecular weight is 490 g/mol. The summed E-state index contributed by atoms with van der Waals surface area (Å²) in [7, 11) is 1.35. The van der Waals surface area contributed by atoms with Crippen LogP contribution in [-0.2, 0) is 19.1 Å². The Kier molecular flexibility index (Phi) is 6.41. The van der Waals surface area contributed by atoms with Crippen molar-refractivity contribution in [2.75, 3.05) is 23.6 Å². The Hall–Kier alpha value is -2.62. The summed E-state index contributed by atoms with van der Waals surface area (Å²) in [6, 6.07) is 16.8. The summed E-state index contributed by atoms with van der Waals surface area (Å²) in [6.45, 7) is 3.81. The number of benzene rings is 2. The number of hydrogen-bond acceptors (Lipinski definition) is 9. The summed E-state index contributed by atoms with van der Waals surface area (Å²) in [5.74, 6) is -0.985. The van der Waals surface area contributed by atoms with Gasteiger partial charge in [-0.15, -0.1) is 0 Å². The summed E-state index contributed by atoms with van der Waals surface area (Å²) in [5, 5.41) is 7.03. The van der Waals surface area contributed by atoms with Crippen molar-refractivity contribution in [3.8, 4) is 0 Å². The van der Waals surface area contributed by atoms with Crippen molar-refractivity contribution in [1.82, 2.24) is 0 Å². The molecule has 0 aliphatic carbocycles. The number of esters is 2. The SMILES string of the molecule is CCOC(=O)C1=NN(c2cccc(Cl)c2)[C@@]2(S1)SC(C(=O)OC)=C(C)N2c1ccccc1. The maximum atomic E-state index is 12.7. The van der Waals surface area contributed by atoms with Crippen LogP contribution in [0.4, 0.5) is 11.4 Å². The fourth-order valence-corrected chi connectivity index (χ4v) is 6.59. The molecule has 166 valence electrons. The van der Waals surface area contributed by atoms with E-state index in [2.05, 4.69) is 5.10 Å². The molecule has 0 bridgehead atoms. The summed E-state index contributed by atoms with van der Waals surface area (Å²) >= 11 is 8.75. The lowest BCUT2D eigenvalue weighted by atomic mass is 10.2. The van der Waals surface area contributed by atoms with Gasteiger partial charge in [0.1, 0.15) is 4.91 Å². The minimum absolute atomic E-state index is 0.180. The molecule has 32 heavy (non-hydrogen) atoms. The van der Waals surface area contributed by atoms with Gasteiger partial charge in [0.15, 0.2) is 0 Å². The van der Waals surface area contributed by atoms with Crippen LogP contribution in [0.5, 0.6) is 0 Å². The van der Waals surface area contributed by atoms with Gasteiger partial charge < -0.3 is 14.4 Å². The lowest BCUT2D eigenvalue weighted by Crippen LogP contribution is -2.49. The van der Waals surface area contributed by atoms with E-state index in [4.69, 9.17) is 21.1 Å². The number of rotatable bonds is 5. The van der Waals surface area contributed by atoms with Crippen LogP contribution in [0.3, 0.4) is 0 Å². The van der Waals surface area contributed by atoms with Gasteiger partial charge >= 0.3 is 11.9 Å². The molecule has 2 heterocycles. The third-order valence-corrected chi connectivity index (χ3v) is 7.84. The van der Waals surface area contributed by atoms with Crippen LogP contribution >= 0.6 is 35.1 Å². The number of hydrazone groups is 1. The molecule has 7 nitrogen and oxygen atoms in total. The number of halogens is 1. The van der Waals surface area contributed by atoms with Crippen molar-refractivity contribution < 1.29 is 19.1 Å². The molecule has 0 aromatic heterocycles. The fraction of sp³-hybridized carbons (Fsp3) is 0.227. The van der Waals surface area contributed by atoms with E-state index in [1.807, 2.05) is 54.3 Å². The minimum Gasteiger partial charge on any atom is -0.465 e. The number of anilines is 2. The molecule has 2 aromatic rings. The number of nitrogens with zero attached hydrogens (tertiary/aromatic N) is 3. The van der Waals surface area contributed by atoms with Gasteiger partial charge in [0.05, 0.1) is 19.4 Å². The zero-order chi connectivity index (χ0) is 22.9. The monoisotopic (exact) mass is 489 g/mol. The molecule has 0 unspecified atom stereocenters. The maximum absolute atomic E-state index is 12.7. The number of allylic oxidation sites excluding steroid dienone is 1. The molecule has 4 rings (SSSR count). The van der Waals surface area contributed by atoms with Crippen molar-refractivity contribution in [3.05, 3.63) is 70.2 Å².